The van der Waals surface area contributed by atoms with Crippen LogP contribution in [-0.2, 0) is 11.0 Å². The predicted molar refractivity (Wildman–Crippen MR) is 72.8 cm³/mol. The van der Waals surface area contributed by atoms with Gasteiger partial charge in [-0.3, -0.25) is 4.79 Å². The fourth-order valence-corrected chi connectivity index (χ4v) is 1.62. The molecular formula is C14H12F3N3O2. The lowest BCUT2D eigenvalue weighted by molar-refractivity contribution is -0.159. The van der Waals surface area contributed by atoms with Gasteiger partial charge in [-0.2, -0.15) is 18.2 Å². The number of aromatic nitrogens is 2. The van der Waals surface area contributed by atoms with Crippen LogP contribution in [0.1, 0.15) is 18.7 Å². The van der Waals surface area contributed by atoms with Gasteiger partial charge in [0.15, 0.2) is 0 Å². The Morgan fingerprint density at radius 1 is 1.32 bits per heavy atom. The van der Waals surface area contributed by atoms with Crippen molar-refractivity contribution < 1.29 is 22.5 Å². The minimum Gasteiger partial charge on any atom is -0.329 e. The van der Waals surface area contributed by atoms with Gasteiger partial charge >= 0.3 is 12.1 Å². The summed E-state index contributed by atoms with van der Waals surface area (Å²) in [6.45, 7) is 3.52. The zero-order valence-corrected chi connectivity index (χ0v) is 11.4. The number of amides is 1. The van der Waals surface area contributed by atoms with E-state index in [0.29, 0.717) is 24.1 Å². The van der Waals surface area contributed by atoms with Gasteiger partial charge in [-0.1, -0.05) is 11.2 Å². The molecule has 0 spiro atoms. The highest BCUT2D eigenvalue weighted by molar-refractivity contribution is 5.90. The number of carbonyl (C=O) groups is 1. The molecule has 0 fully saturated rings. The standard InChI is InChI=1S/C14H12F3N3O2/c1-2-3-4-11(21)18-10-7-5-9(6-8-10)12-19-13(22-20-12)14(15,16)17/h2,5-8H,1,3-4H2,(H,18,21). The van der Waals surface area contributed by atoms with Crippen LogP contribution in [0.4, 0.5) is 18.9 Å². The van der Waals surface area contributed by atoms with E-state index < -0.39 is 12.1 Å². The maximum absolute atomic E-state index is 12.4. The smallest absolute Gasteiger partial charge is 0.329 e. The van der Waals surface area contributed by atoms with Gasteiger partial charge in [0.1, 0.15) is 0 Å². The number of alkyl halides is 3. The quantitative estimate of drug-likeness (QED) is 0.856. The average molecular weight is 311 g/mol. The molecule has 2 rings (SSSR count). The Bertz CT molecular complexity index is 663. The highest BCUT2D eigenvalue weighted by Crippen LogP contribution is 2.29. The summed E-state index contributed by atoms with van der Waals surface area (Å²) < 4.78 is 41.3. The highest BCUT2D eigenvalue weighted by Gasteiger charge is 2.38. The largest absolute Gasteiger partial charge is 0.471 e. The van der Waals surface area contributed by atoms with Crippen molar-refractivity contribution >= 4 is 11.6 Å². The Balaban J connectivity index is 2.07. The van der Waals surface area contributed by atoms with Crippen LogP contribution < -0.4 is 5.32 Å². The molecule has 116 valence electrons. The Morgan fingerprint density at radius 2 is 2.00 bits per heavy atom. The van der Waals surface area contributed by atoms with Crippen molar-refractivity contribution in [1.82, 2.24) is 10.1 Å². The van der Waals surface area contributed by atoms with Crippen LogP contribution in [-0.4, -0.2) is 16.0 Å². The number of rotatable bonds is 5. The summed E-state index contributed by atoms with van der Waals surface area (Å²) >= 11 is 0. The molecule has 8 heteroatoms. The van der Waals surface area contributed by atoms with E-state index in [1.807, 2.05) is 0 Å². The molecule has 2 aromatic rings. The molecule has 0 aliphatic rings. The van der Waals surface area contributed by atoms with E-state index in [9.17, 15) is 18.0 Å². The van der Waals surface area contributed by atoms with Gasteiger partial charge in [-0.15, -0.1) is 6.58 Å². The fourth-order valence-electron chi connectivity index (χ4n) is 1.62. The Hall–Kier alpha value is -2.64. The molecular weight excluding hydrogens is 299 g/mol. The van der Waals surface area contributed by atoms with Crippen LogP contribution in [0.5, 0.6) is 0 Å². The molecule has 0 unspecified atom stereocenters. The van der Waals surface area contributed by atoms with Crippen LogP contribution in [0.15, 0.2) is 41.4 Å². The van der Waals surface area contributed by atoms with Gasteiger partial charge in [0.25, 0.3) is 0 Å². The second-order valence-corrected chi connectivity index (χ2v) is 4.37. The molecule has 1 N–H and O–H groups in total. The molecule has 22 heavy (non-hydrogen) atoms. The first-order chi connectivity index (χ1) is 10.4. The number of anilines is 1. The van der Waals surface area contributed by atoms with E-state index in [1.54, 1.807) is 18.2 Å². The van der Waals surface area contributed by atoms with Crippen molar-refractivity contribution in [3.63, 3.8) is 0 Å². The van der Waals surface area contributed by atoms with E-state index >= 15 is 0 Å². The summed E-state index contributed by atoms with van der Waals surface area (Å²) in [5, 5.41) is 5.93. The molecule has 5 nitrogen and oxygen atoms in total. The maximum Gasteiger partial charge on any atom is 0.471 e. The van der Waals surface area contributed by atoms with Crippen molar-refractivity contribution in [2.75, 3.05) is 5.32 Å². The van der Waals surface area contributed by atoms with E-state index in [1.165, 1.54) is 12.1 Å². The van der Waals surface area contributed by atoms with Crippen molar-refractivity contribution in [2.45, 2.75) is 19.0 Å². The lowest BCUT2D eigenvalue weighted by Gasteiger charge is -2.04. The zero-order valence-electron chi connectivity index (χ0n) is 11.4. The number of allylic oxidation sites excluding steroid dienone is 1. The van der Waals surface area contributed by atoms with Crippen molar-refractivity contribution in [1.29, 1.82) is 0 Å². The summed E-state index contributed by atoms with van der Waals surface area (Å²) in [5.41, 5.74) is 0.876. The van der Waals surface area contributed by atoms with E-state index in [0.717, 1.165) is 0 Å². The molecule has 0 bridgehead atoms. The van der Waals surface area contributed by atoms with Crippen molar-refractivity contribution in [2.24, 2.45) is 0 Å². The van der Waals surface area contributed by atoms with E-state index in [-0.39, 0.29) is 11.7 Å². The molecule has 0 saturated carbocycles. The number of nitrogens with one attached hydrogen (secondary N) is 1. The third-order valence-electron chi connectivity index (χ3n) is 2.67. The topological polar surface area (TPSA) is 68.0 Å². The fraction of sp³-hybridized carbons (Fsp3) is 0.214. The second-order valence-electron chi connectivity index (χ2n) is 4.37. The molecule has 0 atom stereocenters. The molecule has 1 aromatic heterocycles. The summed E-state index contributed by atoms with van der Waals surface area (Å²) in [6.07, 6.45) is -2.17. The minimum absolute atomic E-state index is 0.170. The molecule has 0 aliphatic carbocycles. The van der Waals surface area contributed by atoms with Crippen LogP contribution in [0.2, 0.25) is 0 Å². The highest BCUT2D eigenvalue weighted by atomic mass is 19.4. The van der Waals surface area contributed by atoms with Crippen LogP contribution >= 0.6 is 0 Å². The van der Waals surface area contributed by atoms with Crippen molar-refractivity contribution in [3.8, 4) is 11.4 Å². The van der Waals surface area contributed by atoms with Crippen molar-refractivity contribution in [3.05, 3.63) is 42.8 Å². The summed E-state index contributed by atoms with van der Waals surface area (Å²) in [5.74, 6) is -1.74. The molecule has 1 aromatic carbocycles. The minimum atomic E-state index is -4.68. The Kier molecular flexibility index (Phi) is 4.59. The third kappa shape index (κ3) is 3.94. The number of benzene rings is 1. The Labute approximate surface area is 123 Å². The van der Waals surface area contributed by atoms with E-state index in [2.05, 4.69) is 26.6 Å². The average Bonchev–Trinajstić information content (AvgIpc) is 2.96. The Morgan fingerprint density at radius 3 is 2.55 bits per heavy atom. The van der Waals surface area contributed by atoms with Gasteiger partial charge in [0.2, 0.25) is 11.7 Å². The predicted octanol–water partition coefficient (Wildman–Crippen LogP) is 3.66. The van der Waals surface area contributed by atoms with Gasteiger partial charge in [0.05, 0.1) is 0 Å². The molecule has 0 saturated heterocycles. The second kappa shape index (κ2) is 6.42. The number of hydrogen-bond donors (Lipinski definition) is 1. The SMILES string of the molecule is C=CCCC(=O)Nc1ccc(-c2noc(C(F)(F)F)n2)cc1. The normalized spacial score (nSPS) is 11.2. The first-order valence-corrected chi connectivity index (χ1v) is 6.32. The van der Waals surface area contributed by atoms with Gasteiger partial charge in [0, 0.05) is 17.7 Å². The van der Waals surface area contributed by atoms with Gasteiger partial charge < -0.3 is 9.84 Å². The zero-order chi connectivity index (χ0) is 16.2. The molecule has 1 amide bonds. The summed E-state index contributed by atoms with van der Waals surface area (Å²) in [7, 11) is 0. The first kappa shape index (κ1) is 15.7. The first-order valence-electron chi connectivity index (χ1n) is 6.32. The monoisotopic (exact) mass is 311 g/mol. The molecule has 0 aliphatic heterocycles. The summed E-state index contributed by atoms with van der Waals surface area (Å²) in [6, 6.07) is 6.08. The molecule has 0 radical (unpaired) electrons. The van der Waals surface area contributed by atoms with Gasteiger partial charge in [-0.25, -0.2) is 0 Å². The van der Waals surface area contributed by atoms with E-state index in [4.69, 9.17) is 0 Å². The van der Waals surface area contributed by atoms with Gasteiger partial charge in [-0.05, 0) is 30.7 Å². The van der Waals surface area contributed by atoms with Crippen LogP contribution in [0.3, 0.4) is 0 Å². The number of carbonyl (C=O) groups excluding carboxylic acids is 1. The van der Waals surface area contributed by atoms with Crippen LogP contribution in [0, 0.1) is 0 Å². The maximum atomic E-state index is 12.4. The number of hydrogen-bond acceptors (Lipinski definition) is 4. The number of nitrogens with zero attached hydrogens (tertiary/aromatic N) is 2. The molecule has 1 heterocycles. The summed E-state index contributed by atoms with van der Waals surface area (Å²) in [4.78, 5) is 14.8. The van der Waals surface area contributed by atoms with Crippen LogP contribution in [0.25, 0.3) is 11.4 Å². The third-order valence-corrected chi connectivity index (χ3v) is 2.67. The number of halogens is 3. The lowest BCUT2D eigenvalue weighted by Crippen LogP contribution is -2.10. The lowest BCUT2D eigenvalue weighted by atomic mass is 10.2.